The lowest BCUT2D eigenvalue weighted by Crippen LogP contribution is -2.24. The van der Waals surface area contributed by atoms with Crippen molar-refractivity contribution in [2.24, 2.45) is 0 Å². The molecule has 0 bridgehead atoms. The summed E-state index contributed by atoms with van der Waals surface area (Å²) in [5.74, 6) is -0.531. The van der Waals surface area contributed by atoms with Crippen LogP contribution in [0.15, 0.2) is 36.4 Å². The number of benzene rings is 1. The number of ether oxygens (including phenoxy) is 1. The molecule has 1 aliphatic heterocycles. The molecule has 3 aromatic rings. The van der Waals surface area contributed by atoms with E-state index in [0.717, 1.165) is 23.9 Å². The fourth-order valence-corrected chi connectivity index (χ4v) is 3.32. The summed E-state index contributed by atoms with van der Waals surface area (Å²) in [7, 11) is 0. The molecular formula is C19H19F2N5O. The minimum absolute atomic E-state index is 0.108. The zero-order valence-corrected chi connectivity index (χ0v) is 15.0. The van der Waals surface area contributed by atoms with E-state index in [1.807, 2.05) is 32.0 Å². The van der Waals surface area contributed by atoms with Crippen molar-refractivity contribution < 1.29 is 13.5 Å². The van der Waals surface area contributed by atoms with Crippen molar-refractivity contribution in [3.8, 4) is 5.82 Å². The van der Waals surface area contributed by atoms with Crippen LogP contribution in [0.2, 0.25) is 0 Å². The van der Waals surface area contributed by atoms with Gasteiger partial charge in [0.15, 0.2) is 17.5 Å². The second kappa shape index (κ2) is 7.03. The van der Waals surface area contributed by atoms with Crippen LogP contribution in [0.1, 0.15) is 29.5 Å². The molecule has 1 fully saturated rings. The smallest absolute Gasteiger partial charge is 0.176 e. The van der Waals surface area contributed by atoms with Crippen molar-refractivity contribution in [2.75, 3.05) is 11.9 Å². The molecule has 2 aromatic heterocycles. The molecule has 4 rings (SSSR count). The Hall–Kier alpha value is -2.87. The lowest BCUT2D eigenvalue weighted by atomic mass is 10.0. The summed E-state index contributed by atoms with van der Waals surface area (Å²) < 4.78 is 34.2. The molecule has 1 aliphatic rings. The van der Waals surface area contributed by atoms with E-state index in [1.54, 1.807) is 10.7 Å². The minimum Gasteiger partial charge on any atom is -0.371 e. The second-order valence-electron chi connectivity index (χ2n) is 6.62. The largest absolute Gasteiger partial charge is 0.371 e. The molecule has 27 heavy (non-hydrogen) atoms. The van der Waals surface area contributed by atoms with Gasteiger partial charge < -0.3 is 10.1 Å². The number of hydrogen-bond acceptors (Lipinski definition) is 5. The van der Waals surface area contributed by atoms with Crippen LogP contribution in [0.4, 0.5) is 14.6 Å². The number of hydrogen-bond donors (Lipinski definition) is 1. The Kier molecular flexibility index (Phi) is 4.57. The molecule has 0 saturated carbocycles. The standard InChI is InChI=1S/C19H19F2N5O/c1-11-9-12(2)26(25-11)18-6-5-17(23-24-18)22-16-7-8-27-19(16)13-3-4-14(20)15(21)10-13/h3-6,9-10,16,19H,7-8H2,1-2H3,(H,22,23). The van der Waals surface area contributed by atoms with Gasteiger partial charge in [0.1, 0.15) is 11.9 Å². The molecule has 0 radical (unpaired) electrons. The summed E-state index contributed by atoms with van der Waals surface area (Å²) in [6.45, 7) is 4.40. The Bertz CT molecular complexity index is 957. The van der Waals surface area contributed by atoms with Gasteiger partial charge in [0.2, 0.25) is 0 Å². The highest BCUT2D eigenvalue weighted by Gasteiger charge is 2.30. The Morgan fingerprint density at radius 1 is 1.07 bits per heavy atom. The van der Waals surface area contributed by atoms with E-state index in [1.165, 1.54) is 6.07 Å². The van der Waals surface area contributed by atoms with Crippen LogP contribution < -0.4 is 5.32 Å². The van der Waals surface area contributed by atoms with E-state index >= 15 is 0 Å². The van der Waals surface area contributed by atoms with Gasteiger partial charge in [0, 0.05) is 12.3 Å². The van der Waals surface area contributed by atoms with Crippen LogP contribution >= 0.6 is 0 Å². The van der Waals surface area contributed by atoms with Crippen molar-refractivity contribution in [1.82, 2.24) is 20.0 Å². The Labute approximate surface area is 155 Å². The number of halogens is 2. The summed E-state index contributed by atoms with van der Waals surface area (Å²) in [5.41, 5.74) is 2.48. The first-order valence-electron chi connectivity index (χ1n) is 8.72. The van der Waals surface area contributed by atoms with Crippen molar-refractivity contribution in [2.45, 2.75) is 32.4 Å². The predicted octanol–water partition coefficient (Wildman–Crippen LogP) is 3.50. The van der Waals surface area contributed by atoms with E-state index in [2.05, 4.69) is 20.6 Å². The van der Waals surface area contributed by atoms with Crippen molar-refractivity contribution in [3.63, 3.8) is 0 Å². The molecule has 3 heterocycles. The van der Waals surface area contributed by atoms with Crippen LogP contribution in [-0.2, 0) is 4.74 Å². The van der Waals surface area contributed by atoms with Crippen molar-refractivity contribution >= 4 is 5.82 Å². The number of nitrogens with zero attached hydrogens (tertiary/aromatic N) is 4. The zero-order chi connectivity index (χ0) is 19.0. The average Bonchev–Trinajstić information content (AvgIpc) is 3.24. The summed E-state index contributed by atoms with van der Waals surface area (Å²) in [5, 5.41) is 16.1. The molecule has 2 unspecified atom stereocenters. The molecule has 1 saturated heterocycles. The van der Waals surface area contributed by atoms with E-state index < -0.39 is 11.6 Å². The van der Waals surface area contributed by atoms with Crippen LogP contribution in [0, 0.1) is 25.5 Å². The Morgan fingerprint density at radius 3 is 2.59 bits per heavy atom. The number of aryl methyl sites for hydroxylation is 2. The maximum absolute atomic E-state index is 13.5. The molecule has 0 spiro atoms. The van der Waals surface area contributed by atoms with E-state index in [-0.39, 0.29) is 12.1 Å². The highest BCUT2D eigenvalue weighted by molar-refractivity contribution is 5.39. The highest BCUT2D eigenvalue weighted by atomic mass is 19.2. The average molecular weight is 371 g/mol. The molecule has 2 atom stereocenters. The SMILES string of the molecule is Cc1cc(C)n(-c2ccc(NC3CCOC3c3ccc(F)c(F)c3)nn2)n1. The maximum Gasteiger partial charge on any atom is 0.176 e. The molecule has 140 valence electrons. The number of aromatic nitrogens is 4. The predicted molar refractivity (Wildman–Crippen MR) is 95.7 cm³/mol. The first-order chi connectivity index (χ1) is 13.0. The summed E-state index contributed by atoms with van der Waals surface area (Å²) in [4.78, 5) is 0. The Morgan fingerprint density at radius 2 is 1.93 bits per heavy atom. The summed E-state index contributed by atoms with van der Waals surface area (Å²) in [6.07, 6.45) is 0.350. The lowest BCUT2D eigenvalue weighted by Gasteiger charge is -2.20. The van der Waals surface area contributed by atoms with E-state index in [0.29, 0.717) is 23.8 Å². The molecule has 1 aromatic carbocycles. The molecule has 0 amide bonds. The van der Waals surface area contributed by atoms with Crippen molar-refractivity contribution in [1.29, 1.82) is 0 Å². The van der Waals surface area contributed by atoms with Gasteiger partial charge >= 0.3 is 0 Å². The van der Waals surface area contributed by atoms with Gasteiger partial charge in [-0.1, -0.05) is 6.07 Å². The van der Waals surface area contributed by atoms with Crippen LogP contribution in [0.5, 0.6) is 0 Å². The normalized spacial score (nSPS) is 19.4. The molecular weight excluding hydrogens is 352 g/mol. The van der Waals surface area contributed by atoms with Crippen LogP contribution in [0.3, 0.4) is 0 Å². The third-order valence-corrected chi connectivity index (χ3v) is 4.57. The molecule has 1 N–H and O–H groups in total. The highest BCUT2D eigenvalue weighted by Crippen LogP contribution is 2.31. The third kappa shape index (κ3) is 3.52. The van der Waals surface area contributed by atoms with Crippen LogP contribution in [-0.4, -0.2) is 32.6 Å². The second-order valence-corrected chi connectivity index (χ2v) is 6.62. The fourth-order valence-electron chi connectivity index (χ4n) is 3.32. The van der Waals surface area contributed by atoms with Gasteiger partial charge in [0.25, 0.3) is 0 Å². The third-order valence-electron chi connectivity index (χ3n) is 4.57. The topological polar surface area (TPSA) is 64.9 Å². The summed E-state index contributed by atoms with van der Waals surface area (Å²) in [6, 6.07) is 9.35. The maximum atomic E-state index is 13.5. The molecule has 6 nitrogen and oxygen atoms in total. The molecule has 8 heteroatoms. The van der Waals surface area contributed by atoms with Gasteiger partial charge in [0.05, 0.1) is 11.7 Å². The number of nitrogens with one attached hydrogen (secondary N) is 1. The minimum atomic E-state index is -0.879. The van der Waals surface area contributed by atoms with Crippen LogP contribution in [0.25, 0.3) is 5.82 Å². The van der Waals surface area contributed by atoms with E-state index in [4.69, 9.17) is 4.74 Å². The quantitative estimate of drug-likeness (QED) is 0.760. The Balaban J connectivity index is 1.51. The summed E-state index contributed by atoms with van der Waals surface area (Å²) >= 11 is 0. The zero-order valence-electron chi connectivity index (χ0n) is 15.0. The van der Waals surface area contributed by atoms with Gasteiger partial charge in [-0.05, 0) is 56.2 Å². The van der Waals surface area contributed by atoms with Gasteiger partial charge in [-0.15, -0.1) is 10.2 Å². The van der Waals surface area contributed by atoms with Gasteiger partial charge in [-0.3, -0.25) is 0 Å². The molecule has 0 aliphatic carbocycles. The lowest BCUT2D eigenvalue weighted by molar-refractivity contribution is 0.107. The van der Waals surface area contributed by atoms with Gasteiger partial charge in [-0.2, -0.15) is 5.10 Å². The monoisotopic (exact) mass is 371 g/mol. The fraction of sp³-hybridized carbons (Fsp3) is 0.316. The number of rotatable bonds is 4. The first-order valence-corrected chi connectivity index (χ1v) is 8.72. The first kappa shape index (κ1) is 17.5. The number of anilines is 1. The van der Waals surface area contributed by atoms with E-state index in [9.17, 15) is 8.78 Å². The van der Waals surface area contributed by atoms with Gasteiger partial charge in [-0.25, -0.2) is 13.5 Å². The van der Waals surface area contributed by atoms with Crippen molar-refractivity contribution in [3.05, 3.63) is 65.0 Å².